The quantitative estimate of drug-likeness (QED) is 0.685. The third-order valence-electron chi connectivity index (χ3n) is 1.64. The molecule has 2 aromatic heterocycles. The highest BCUT2D eigenvalue weighted by atomic mass is 32.1. The van der Waals surface area contributed by atoms with Crippen molar-refractivity contribution in [1.82, 2.24) is 10.1 Å². The second-order valence-electron chi connectivity index (χ2n) is 2.54. The Kier molecular flexibility index (Phi) is 1.94. The minimum absolute atomic E-state index is 0.0144. The first kappa shape index (κ1) is 8.12. The number of aryl methyl sites for hydroxylation is 1. The van der Waals surface area contributed by atoms with Gasteiger partial charge in [-0.3, -0.25) is 4.79 Å². The maximum absolute atomic E-state index is 10.3. The molecule has 0 spiro atoms. The lowest BCUT2D eigenvalue weighted by Gasteiger charge is -1.88. The third kappa shape index (κ3) is 1.38. The van der Waals surface area contributed by atoms with Crippen LogP contribution in [0.15, 0.2) is 15.3 Å². The third-order valence-corrected chi connectivity index (χ3v) is 2.50. The van der Waals surface area contributed by atoms with Crippen LogP contribution in [-0.4, -0.2) is 16.4 Å². The summed E-state index contributed by atoms with van der Waals surface area (Å²) in [4.78, 5) is 14.2. The van der Waals surface area contributed by atoms with Crippen molar-refractivity contribution in [1.29, 1.82) is 0 Å². The first-order chi connectivity index (χ1) is 6.31. The summed E-state index contributed by atoms with van der Waals surface area (Å²) in [6, 6.07) is 0. The van der Waals surface area contributed by atoms with Crippen LogP contribution in [0.3, 0.4) is 0 Å². The van der Waals surface area contributed by atoms with E-state index in [0.717, 1.165) is 11.1 Å². The van der Waals surface area contributed by atoms with Gasteiger partial charge in [-0.25, -0.2) is 0 Å². The van der Waals surface area contributed by atoms with Gasteiger partial charge in [0.05, 0.1) is 0 Å². The second kappa shape index (κ2) is 3.10. The van der Waals surface area contributed by atoms with Crippen LogP contribution in [0.1, 0.15) is 16.2 Å². The molecule has 0 fully saturated rings. The Morgan fingerprint density at radius 3 is 2.92 bits per heavy atom. The van der Waals surface area contributed by atoms with Crippen molar-refractivity contribution in [3.05, 3.63) is 22.2 Å². The summed E-state index contributed by atoms with van der Waals surface area (Å²) in [5.74, 6) is 0.487. The van der Waals surface area contributed by atoms with Crippen LogP contribution in [0.25, 0.3) is 11.4 Å². The summed E-state index contributed by atoms with van der Waals surface area (Å²) >= 11 is 1.57. The van der Waals surface area contributed by atoms with E-state index in [9.17, 15) is 4.79 Å². The van der Waals surface area contributed by atoms with Crippen LogP contribution in [-0.2, 0) is 0 Å². The number of aromatic nitrogens is 2. The van der Waals surface area contributed by atoms with Gasteiger partial charge < -0.3 is 4.52 Å². The number of nitrogens with zero attached hydrogens (tertiary/aromatic N) is 2. The van der Waals surface area contributed by atoms with Crippen molar-refractivity contribution in [3.63, 3.8) is 0 Å². The summed E-state index contributed by atoms with van der Waals surface area (Å²) in [5, 5.41) is 7.60. The van der Waals surface area contributed by atoms with Gasteiger partial charge in [0, 0.05) is 10.9 Å². The highest BCUT2D eigenvalue weighted by Gasteiger charge is 2.10. The number of rotatable bonds is 2. The molecular weight excluding hydrogens is 188 g/mol. The van der Waals surface area contributed by atoms with E-state index < -0.39 is 0 Å². The lowest BCUT2D eigenvalue weighted by Crippen LogP contribution is -1.81. The smallest absolute Gasteiger partial charge is 0.291 e. The van der Waals surface area contributed by atoms with E-state index in [4.69, 9.17) is 0 Å². The van der Waals surface area contributed by atoms with Crippen LogP contribution in [0, 0.1) is 6.92 Å². The van der Waals surface area contributed by atoms with Crippen molar-refractivity contribution in [2.75, 3.05) is 0 Å². The summed E-state index contributed by atoms with van der Waals surface area (Å²) in [5.41, 5.74) is 2.00. The Bertz CT molecular complexity index is 433. The molecule has 0 aromatic carbocycles. The van der Waals surface area contributed by atoms with Gasteiger partial charge in [0.1, 0.15) is 0 Å². The highest BCUT2D eigenvalue weighted by Crippen LogP contribution is 2.23. The van der Waals surface area contributed by atoms with E-state index >= 15 is 0 Å². The number of hydrogen-bond acceptors (Lipinski definition) is 5. The van der Waals surface area contributed by atoms with E-state index in [1.54, 1.807) is 11.3 Å². The molecule has 0 N–H and O–H groups in total. The van der Waals surface area contributed by atoms with Crippen molar-refractivity contribution >= 4 is 17.6 Å². The predicted molar refractivity (Wildman–Crippen MR) is 47.7 cm³/mol. The van der Waals surface area contributed by atoms with Gasteiger partial charge in [-0.2, -0.15) is 16.3 Å². The zero-order chi connectivity index (χ0) is 9.26. The minimum Gasteiger partial charge on any atom is -0.331 e. The number of thiophene rings is 1. The van der Waals surface area contributed by atoms with Gasteiger partial charge in [-0.05, 0) is 17.9 Å². The zero-order valence-corrected chi connectivity index (χ0v) is 7.67. The van der Waals surface area contributed by atoms with Crippen LogP contribution < -0.4 is 0 Å². The number of carbonyl (C=O) groups excluding carboxylic acids is 1. The second-order valence-corrected chi connectivity index (χ2v) is 3.29. The SMILES string of the molecule is Cc1cscc1-c1noc(C=O)n1. The molecule has 0 aliphatic carbocycles. The monoisotopic (exact) mass is 194 g/mol. The van der Waals surface area contributed by atoms with Crippen molar-refractivity contribution < 1.29 is 9.32 Å². The molecule has 0 bridgehead atoms. The van der Waals surface area contributed by atoms with E-state index in [2.05, 4.69) is 14.7 Å². The standard InChI is InChI=1S/C8H6N2O2S/c1-5-3-13-4-6(5)8-9-7(2-11)12-10-8/h2-4H,1H3. The van der Waals surface area contributed by atoms with Gasteiger partial charge in [-0.1, -0.05) is 5.16 Å². The summed E-state index contributed by atoms with van der Waals surface area (Å²) < 4.78 is 4.67. The molecule has 0 radical (unpaired) electrons. The van der Waals surface area contributed by atoms with Gasteiger partial charge in [0.15, 0.2) is 0 Å². The average Bonchev–Trinajstić information content (AvgIpc) is 2.71. The molecule has 4 nitrogen and oxygen atoms in total. The van der Waals surface area contributed by atoms with Crippen LogP contribution in [0.5, 0.6) is 0 Å². The first-order valence-electron chi connectivity index (χ1n) is 3.63. The maximum atomic E-state index is 10.3. The molecule has 0 aliphatic rings. The molecule has 13 heavy (non-hydrogen) atoms. The van der Waals surface area contributed by atoms with Gasteiger partial charge in [0.2, 0.25) is 12.1 Å². The fourth-order valence-electron chi connectivity index (χ4n) is 0.982. The topological polar surface area (TPSA) is 56.0 Å². The Labute approximate surface area is 78.2 Å². The Balaban J connectivity index is 2.46. The van der Waals surface area contributed by atoms with Gasteiger partial charge in [0.25, 0.3) is 5.89 Å². The zero-order valence-electron chi connectivity index (χ0n) is 6.85. The fraction of sp³-hybridized carbons (Fsp3) is 0.125. The normalized spacial score (nSPS) is 10.2. The molecule has 2 aromatic rings. The molecule has 0 atom stereocenters. The molecule has 2 heterocycles. The number of hydrogen-bond donors (Lipinski definition) is 0. The van der Waals surface area contributed by atoms with Crippen molar-refractivity contribution in [2.45, 2.75) is 6.92 Å². The lowest BCUT2D eigenvalue weighted by molar-refractivity contribution is 0.108. The first-order valence-corrected chi connectivity index (χ1v) is 4.57. The van der Waals surface area contributed by atoms with Crippen LogP contribution in [0.4, 0.5) is 0 Å². The van der Waals surface area contributed by atoms with Crippen molar-refractivity contribution in [3.8, 4) is 11.4 Å². The molecule has 66 valence electrons. The van der Waals surface area contributed by atoms with E-state index in [1.165, 1.54) is 0 Å². The maximum Gasteiger partial charge on any atom is 0.291 e. The van der Waals surface area contributed by atoms with Gasteiger partial charge in [-0.15, -0.1) is 0 Å². The molecule has 5 heteroatoms. The lowest BCUT2D eigenvalue weighted by atomic mass is 10.2. The molecular formula is C8H6N2O2S. The fourth-order valence-corrected chi connectivity index (χ4v) is 1.81. The molecule has 0 unspecified atom stereocenters. The molecule has 0 saturated carbocycles. The minimum atomic E-state index is 0.0144. The Morgan fingerprint density at radius 1 is 1.54 bits per heavy atom. The van der Waals surface area contributed by atoms with Gasteiger partial charge >= 0.3 is 0 Å². The molecule has 0 saturated heterocycles. The van der Waals surface area contributed by atoms with Crippen molar-refractivity contribution in [2.24, 2.45) is 0 Å². The van der Waals surface area contributed by atoms with E-state index in [1.807, 2.05) is 17.7 Å². The number of carbonyl (C=O) groups is 1. The van der Waals surface area contributed by atoms with Crippen LogP contribution >= 0.6 is 11.3 Å². The summed E-state index contributed by atoms with van der Waals surface area (Å²) in [6.45, 7) is 1.96. The van der Waals surface area contributed by atoms with E-state index in [-0.39, 0.29) is 5.89 Å². The largest absolute Gasteiger partial charge is 0.331 e. The average molecular weight is 194 g/mol. The molecule has 2 rings (SSSR count). The molecule has 0 aliphatic heterocycles. The number of aldehydes is 1. The summed E-state index contributed by atoms with van der Waals surface area (Å²) in [7, 11) is 0. The van der Waals surface area contributed by atoms with E-state index in [0.29, 0.717) is 12.1 Å². The predicted octanol–water partition coefficient (Wildman–Crippen LogP) is 1.92. The molecule has 0 amide bonds. The Morgan fingerprint density at radius 2 is 2.38 bits per heavy atom. The van der Waals surface area contributed by atoms with Crippen LogP contribution in [0.2, 0.25) is 0 Å². The summed E-state index contributed by atoms with van der Waals surface area (Å²) in [6.07, 6.45) is 0.540. The Hall–Kier alpha value is -1.49. The highest BCUT2D eigenvalue weighted by molar-refractivity contribution is 7.08.